The normalized spacial score (nSPS) is 18.5. The molecule has 2 rings (SSSR count). The molecule has 1 fully saturated rings. The summed E-state index contributed by atoms with van der Waals surface area (Å²) >= 11 is 13.3. The van der Waals surface area contributed by atoms with Crippen LogP contribution in [0.1, 0.15) is 5.56 Å². The van der Waals surface area contributed by atoms with Gasteiger partial charge in [-0.15, -0.1) is 11.8 Å². The number of hydrogen-bond donors (Lipinski definition) is 0. The summed E-state index contributed by atoms with van der Waals surface area (Å²) in [4.78, 5) is 25.4. The van der Waals surface area contributed by atoms with Crippen LogP contribution in [0.2, 0.25) is 10.0 Å². The predicted molar refractivity (Wildman–Crippen MR) is 90.3 cm³/mol. The van der Waals surface area contributed by atoms with Crippen LogP contribution in [-0.2, 0) is 14.3 Å². The number of halogens is 2. The second-order valence-electron chi connectivity index (χ2n) is 4.67. The van der Waals surface area contributed by atoms with Crippen molar-refractivity contribution in [1.82, 2.24) is 4.90 Å². The molecule has 1 atom stereocenters. The molecule has 7 heteroatoms. The van der Waals surface area contributed by atoms with Crippen molar-refractivity contribution in [2.75, 3.05) is 26.0 Å². The van der Waals surface area contributed by atoms with Gasteiger partial charge in [-0.05, 0) is 23.8 Å². The van der Waals surface area contributed by atoms with Crippen LogP contribution in [0.15, 0.2) is 24.3 Å². The summed E-state index contributed by atoms with van der Waals surface area (Å²) in [5.74, 6) is 0.280. The quantitative estimate of drug-likeness (QED) is 0.614. The standard InChI is InChI=1S/C15H15Cl2NO3S/c1-21-15(20)13-9-18(6-7-22-13)14(19)5-3-10-2-4-11(16)12(17)8-10/h2-5,8,13H,6-7,9H2,1H3/b5-3+/t13-/m0/s1. The maximum Gasteiger partial charge on any atom is 0.320 e. The molecule has 1 aromatic rings. The van der Waals surface area contributed by atoms with Crippen LogP contribution in [-0.4, -0.2) is 48.0 Å². The maximum absolute atomic E-state index is 12.2. The largest absolute Gasteiger partial charge is 0.468 e. The average molecular weight is 360 g/mol. The molecule has 118 valence electrons. The highest BCUT2D eigenvalue weighted by Crippen LogP contribution is 2.23. The number of carbonyl (C=O) groups excluding carboxylic acids is 2. The summed E-state index contributed by atoms with van der Waals surface area (Å²) < 4.78 is 4.73. The molecule has 0 saturated carbocycles. The van der Waals surface area contributed by atoms with E-state index in [4.69, 9.17) is 27.9 Å². The van der Waals surface area contributed by atoms with Crippen LogP contribution < -0.4 is 0 Å². The molecule has 0 radical (unpaired) electrons. The van der Waals surface area contributed by atoms with Crippen molar-refractivity contribution in [3.8, 4) is 0 Å². The summed E-state index contributed by atoms with van der Waals surface area (Å²) in [7, 11) is 1.35. The first-order valence-corrected chi connectivity index (χ1v) is 8.43. The minimum Gasteiger partial charge on any atom is -0.468 e. The van der Waals surface area contributed by atoms with E-state index >= 15 is 0 Å². The second kappa shape index (κ2) is 7.90. The second-order valence-corrected chi connectivity index (χ2v) is 6.80. The fourth-order valence-electron chi connectivity index (χ4n) is 2.01. The zero-order valence-corrected chi connectivity index (χ0v) is 14.2. The first-order chi connectivity index (χ1) is 10.5. The summed E-state index contributed by atoms with van der Waals surface area (Å²) in [5, 5.41) is 0.594. The molecule has 1 aliphatic heterocycles. The van der Waals surface area contributed by atoms with Gasteiger partial charge in [0.15, 0.2) is 0 Å². The van der Waals surface area contributed by atoms with Crippen LogP contribution in [0.4, 0.5) is 0 Å². The minimum atomic E-state index is -0.318. The van der Waals surface area contributed by atoms with Crippen molar-refractivity contribution in [3.05, 3.63) is 39.9 Å². The SMILES string of the molecule is COC(=O)[C@@H]1CN(C(=O)/C=C/c2ccc(Cl)c(Cl)c2)CCS1. The molecule has 0 N–H and O–H groups in total. The Morgan fingerprint density at radius 1 is 1.36 bits per heavy atom. The number of thioether (sulfide) groups is 1. The van der Waals surface area contributed by atoms with Gasteiger partial charge < -0.3 is 9.64 Å². The number of benzene rings is 1. The Bertz CT molecular complexity index is 606. The molecular weight excluding hydrogens is 345 g/mol. The molecule has 0 spiro atoms. The van der Waals surface area contributed by atoms with E-state index in [0.29, 0.717) is 28.9 Å². The van der Waals surface area contributed by atoms with Gasteiger partial charge >= 0.3 is 5.97 Å². The van der Waals surface area contributed by atoms with Gasteiger partial charge in [0.2, 0.25) is 5.91 Å². The minimum absolute atomic E-state index is 0.139. The van der Waals surface area contributed by atoms with Crippen molar-refractivity contribution in [2.24, 2.45) is 0 Å². The molecule has 1 aromatic carbocycles. The van der Waals surface area contributed by atoms with Gasteiger partial charge in [-0.2, -0.15) is 0 Å². The van der Waals surface area contributed by atoms with Crippen LogP contribution in [0, 0.1) is 0 Å². The van der Waals surface area contributed by atoms with Gasteiger partial charge in [0.1, 0.15) is 5.25 Å². The van der Waals surface area contributed by atoms with E-state index in [9.17, 15) is 9.59 Å². The molecule has 22 heavy (non-hydrogen) atoms. The van der Waals surface area contributed by atoms with Gasteiger partial charge in [0.05, 0.1) is 17.2 Å². The lowest BCUT2D eigenvalue weighted by Gasteiger charge is -2.30. The molecular formula is C15H15Cl2NO3S. The van der Waals surface area contributed by atoms with E-state index in [-0.39, 0.29) is 17.1 Å². The smallest absolute Gasteiger partial charge is 0.320 e. The van der Waals surface area contributed by atoms with Gasteiger partial charge in [-0.25, -0.2) is 0 Å². The van der Waals surface area contributed by atoms with E-state index in [1.54, 1.807) is 29.2 Å². The predicted octanol–water partition coefficient (Wildman–Crippen LogP) is 3.12. The van der Waals surface area contributed by atoms with Crippen molar-refractivity contribution in [1.29, 1.82) is 0 Å². The van der Waals surface area contributed by atoms with E-state index in [1.165, 1.54) is 24.9 Å². The molecule has 1 aliphatic rings. The molecule has 0 aromatic heterocycles. The van der Waals surface area contributed by atoms with Crippen LogP contribution >= 0.6 is 35.0 Å². The first kappa shape index (κ1) is 17.2. The number of carbonyl (C=O) groups is 2. The van der Waals surface area contributed by atoms with Gasteiger partial charge in [-0.3, -0.25) is 9.59 Å². The summed E-state index contributed by atoms with van der Waals surface area (Å²) in [5.41, 5.74) is 0.790. The molecule has 0 bridgehead atoms. The lowest BCUT2D eigenvalue weighted by atomic mass is 10.2. The maximum atomic E-state index is 12.2. The molecule has 0 unspecified atom stereocenters. The molecule has 4 nitrogen and oxygen atoms in total. The monoisotopic (exact) mass is 359 g/mol. The number of ether oxygens (including phenoxy) is 1. The number of hydrogen-bond acceptors (Lipinski definition) is 4. The van der Waals surface area contributed by atoms with Gasteiger partial charge in [-0.1, -0.05) is 29.3 Å². The summed E-state index contributed by atoms with van der Waals surface area (Å²) in [6.07, 6.45) is 3.16. The van der Waals surface area contributed by atoms with Crippen molar-refractivity contribution < 1.29 is 14.3 Å². The number of esters is 1. The lowest BCUT2D eigenvalue weighted by Crippen LogP contribution is -2.44. The number of nitrogens with zero attached hydrogens (tertiary/aromatic N) is 1. The van der Waals surface area contributed by atoms with E-state index in [2.05, 4.69) is 0 Å². The first-order valence-electron chi connectivity index (χ1n) is 6.62. The van der Waals surface area contributed by atoms with E-state index in [0.717, 1.165) is 5.56 Å². The zero-order valence-electron chi connectivity index (χ0n) is 11.9. The van der Waals surface area contributed by atoms with Crippen molar-refractivity contribution in [3.63, 3.8) is 0 Å². The highest BCUT2D eigenvalue weighted by atomic mass is 35.5. The molecule has 1 heterocycles. The Morgan fingerprint density at radius 3 is 2.82 bits per heavy atom. The van der Waals surface area contributed by atoms with Crippen LogP contribution in [0.25, 0.3) is 6.08 Å². The Balaban J connectivity index is 2.00. The van der Waals surface area contributed by atoms with E-state index in [1.807, 2.05) is 0 Å². The topological polar surface area (TPSA) is 46.6 Å². The Labute approximate surface area is 143 Å². The van der Waals surface area contributed by atoms with Gasteiger partial charge in [0.25, 0.3) is 0 Å². The third kappa shape index (κ3) is 4.41. The highest BCUT2D eigenvalue weighted by Gasteiger charge is 2.28. The number of methoxy groups -OCH3 is 1. The molecule has 1 saturated heterocycles. The lowest BCUT2D eigenvalue weighted by molar-refractivity contribution is -0.140. The third-order valence-corrected chi connectivity index (χ3v) is 5.11. The summed E-state index contributed by atoms with van der Waals surface area (Å²) in [6, 6.07) is 5.15. The zero-order chi connectivity index (χ0) is 16.1. The van der Waals surface area contributed by atoms with Crippen LogP contribution in [0.5, 0.6) is 0 Å². The number of amides is 1. The Hall–Kier alpha value is -1.17. The van der Waals surface area contributed by atoms with E-state index < -0.39 is 0 Å². The van der Waals surface area contributed by atoms with Gasteiger partial charge in [0, 0.05) is 24.9 Å². The fraction of sp³-hybridized carbons (Fsp3) is 0.333. The van der Waals surface area contributed by atoms with Crippen molar-refractivity contribution >= 4 is 52.9 Å². The summed E-state index contributed by atoms with van der Waals surface area (Å²) in [6.45, 7) is 0.977. The molecule has 1 amide bonds. The third-order valence-electron chi connectivity index (χ3n) is 3.20. The fourth-order valence-corrected chi connectivity index (χ4v) is 3.45. The molecule has 0 aliphatic carbocycles. The average Bonchev–Trinajstić information content (AvgIpc) is 2.55. The van der Waals surface area contributed by atoms with Crippen molar-refractivity contribution in [2.45, 2.75) is 5.25 Å². The highest BCUT2D eigenvalue weighted by molar-refractivity contribution is 8.00. The Morgan fingerprint density at radius 2 is 2.14 bits per heavy atom. The number of rotatable bonds is 3. The van der Waals surface area contributed by atoms with Crippen LogP contribution in [0.3, 0.4) is 0 Å². The Kier molecular flexibility index (Phi) is 6.17.